The fourth-order valence-corrected chi connectivity index (χ4v) is 3.28. The van der Waals surface area contributed by atoms with Crippen LogP contribution in [-0.2, 0) is 11.3 Å². The first kappa shape index (κ1) is 13.9. The van der Waals surface area contributed by atoms with E-state index in [2.05, 4.69) is 9.97 Å². The molecule has 6 heteroatoms. The van der Waals surface area contributed by atoms with Crippen molar-refractivity contribution in [2.75, 3.05) is 0 Å². The second kappa shape index (κ2) is 6.15. The van der Waals surface area contributed by atoms with Gasteiger partial charge in [0.05, 0.1) is 11.4 Å². The van der Waals surface area contributed by atoms with E-state index < -0.39 is 0 Å². The van der Waals surface area contributed by atoms with E-state index in [9.17, 15) is 4.79 Å². The van der Waals surface area contributed by atoms with Crippen LogP contribution in [0.4, 0.5) is 0 Å². The number of hydrogen-bond donors (Lipinski definition) is 0. The van der Waals surface area contributed by atoms with Crippen molar-refractivity contribution in [3.63, 3.8) is 0 Å². The molecule has 0 atom stereocenters. The number of nitrogens with zero attached hydrogens (tertiary/aromatic N) is 2. The number of aromatic nitrogens is 2. The zero-order valence-corrected chi connectivity index (χ0v) is 12.9. The van der Waals surface area contributed by atoms with E-state index in [1.54, 1.807) is 12.3 Å². The molecule has 0 radical (unpaired) electrons. The topological polar surface area (TPSA) is 52.1 Å². The number of esters is 1. The van der Waals surface area contributed by atoms with Crippen LogP contribution >= 0.6 is 22.7 Å². The van der Waals surface area contributed by atoms with Gasteiger partial charge in [0.15, 0.2) is 0 Å². The maximum Gasteiger partial charge on any atom is 0.348 e. The number of aryl methyl sites for hydroxylation is 1. The smallest absolute Gasteiger partial charge is 0.348 e. The van der Waals surface area contributed by atoms with Crippen LogP contribution in [-0.4, -0.2) is 15.9 Å². The van der Waals surface area contributed by atoms with E-state index in [1.165, 1.54) is 22.7 Å². The Labute approximate surface area is 130 Å². The first-order chi connectivity index (χ1) is 10.2. The maximum atomic E-state index is 11.9. The monoisotopic (exact) mass is 316 g/mol. The van der Waals surface area contributed by atoms with Gasteiger partial charge in [-0.05, 0) is 31.2 Å². The van der Waals surface area contributed by atoms with Gasteiger partial charge in [-0.15, -0.1) is 22.7 Å². The molecule has 3 heterocycles. The van der Waals surface area contributed by atoms with Gasteiger partial charge in [0.25, 0.3) is 0 Å². The van der Waals surface area contributed by atoms with Gasteiger partial charge in [0.1, 0.15) is 16.5 Å². The van der Waals surface area contributed by atoms with E-state index in [0.29, 0.717) is 4.88 Å². The predicted molar refractivity (Wildman–Crippen MR) is 83.5 cm³/mol. The summed E-state index contributed by atoms with van der Waals surface area (Å²) in [6.07, 6.45) is 1.73. The lowest BCUT2D eigenvalue weighted by atomic mass is 10.4. The van der Waals surface area contributed by atoms with Crippen molar-refractivity contribution in [3.8, 4) is 10.7 Å². The Balaban J connectivity index is 1.64. The molecule has 0 aliphatic carbocycles. The molecule has 0 amide bonds. The summed E-state index contributed by atoms with van der Waals surface area (Å²) in [4.78, 5) is 22.3. The third-order valence-electron chi connectivity index (χ3n) is 2.73. The van der Waals surface area contributed by atoms with Crippen LogP contribution in [0.2, 0.25) is 0 Å². The highest BCUT2D eigenvalue weighted by Crippen LogP contribution is 2.22. The van der Waals surface area contributed by atoms with Gasteiger partial charge < -0.3 is 4.74 Å². The van der Waals surface area contributed by atoms with Crippen LogP contribution < -0.4 is 0 Å². The molecular weight excluding hydrogens is 304 g/mol. The number of thiophene rings is 1. The number of ether oxygens (including phenoxy) is 1. The summed E-state index contributed by atoms with van der Waals surface area (Å²) < 4.78 is 5.27. The molecule has 106 valence electrons. The van der Waals surface area contributed by atoms with Crippen LogP contribution in [0.25, 0.3) is 10.7 Å². The number of hydrogen-bond acceptors (Lipinski definition) is 6. The number of thiazole rings is 1. The Morgan fingerprint density at radius 2 is 2.19 bits per heavy atom. The molecule has 0 N–H and O–H groups in total. The van der Waals surface area contributed by atoms with Gasteiger partial charge in [-0.3, -0.25) is 4.98 Å². The van der Waals surface area contributed by atoms with E-state index in [1.807, 2.05) is 36.6 Å². The van der Waals surface area contributed by atoms with Gasteiger partial charge in [-0.25, -0.2) is 9.78 Å². The van der Waals surface area contributed by atoms with E-state index in [-0.39, 0.29) is 12.6 Å². The van der Waals surface area contributed by atoms with Crippen molar-refractivity contribution in [1.29, 1.82) is 0 Å². The summed E-state index contributed by atoms with van der Waals surface area (Å²) in [5.74, 6) is -0.305. The molecule has 4 nitrogen and oxygen atoms in total. The highest BCUT2D eigenvalue weighted by molar-refractivity contribution is 7.14. The zero-order chi connectivity index (χ0) is 14.7. The summed E-state index contributed by atoms with van der Waals surface area (Å²) in [6, 6.07) is 9.38. The fourth-order valence-electron chi connectivity index (χ4n) is 1.74. The van der Waals surface area contributed by atoms with Crippen LogP contribution in [0.5, 0.6) is 0 Å². The third kappa shape index (κ3) is 3.34. The number of carbonyl (C=O) groups is 1. The van der Waals surface area contributed by atoms with E-state index in [0.717, 1.165) is 21.3 Å². The third-order valence-corrected chi connectivity index (χ3v) is 4.62. The summed E-state index contributed by atoms with van der Waals surface area (Å²) >= 11 is 2.92. The van der Waals surface area contributed by atoms with Crippen molar-refractivity contribution in [1.82, 2.24) is 9.97 Å². The molecule has 0 aliphatic rings. The second-order valence-corrected chi connectivity index (χ2v) is 6.49. The minimum atomic E-state index is -0.305. The van der Waals surface area contributed by atoms with Crippen molar-refractivity contribution < 1.29 is 9.53 Å². The molecular formula is C15H12N2O2S2. The van der Waals surface area contributed by atoms with Crippen LogP contribution in [0, 0.1) is 6.92 Å². The van der Waals surface area contributed by atoms with E-state index in [4.69, 9.17) is 4.74 Å². The first-order valence-electron chi connectivity index (χ1n) is 6.32. The Hall–Kier alpha value is -2.05. The fraction of sp³-hybridized carbons (Fsp3) is 0.133. The maximum absolute atomic E-state index is 11.9. The summed E-state index contributed by atoms with van der Waals surface area (Å²) in [7, 11) is 0. The average Bonchev–Trinajstić information content (AvgIpc) is 3.15. The lowest BCUT2D eigenvalue weighted by Gasteiger charge is -2.00. The average molecular weight is 316 g/mol. The second-order valence-electron chi connectivity index (χ2n) is 4.35. The highest BCUT2D eigenvalue weighted by Gasteiger charge is 2.11. The Bertz CT molecular complexity index is 750. The minimum Gasteiger partial charge on any atom is -0.455 e. The quantitative estimate of drug-likeness (QED) is 0.684. The van der Waals surface area contributed by atoms with Crippen molar-refractivity contribution in [2.45, 2.75) is 13.5 Å². The molecule has 0 bridgehead atoms. The minimum absolute atomic E-state index is 0.180. The lowest BCUT2D eigenvalue weighted by Crippen LogP contribution is -2.03. The molecule has 0 saturated carbocycles. The normalized spacial score (nSPS) is 10.5. The zero-order valence-electron chi connectivity index (χ0n) is 11.3. The van der Waals surface area contributed by atoms with Crippen LogP contribution in [0.15, 0.2) is 41.9 Å². The number of carbonyl (C=O) groups excluding carboxylic acids is 1. The lowest BCUT2D eigenvalue weighted by molar-refractivity contribution is 0.0474. The molecule has 3 aromatic heterocycles. The summed E-state index contributed by atoms with van der Waals surface area (Å²) in [5.41, 5.74) is 1.57. The molecule has 0 aliphatic heterocycles. The highest BCUT2D eigenvalue weighted by atomic mass is 32.1. The van der Waals surface area contributed by atoms with Gasteiger partial charge >= 0.3 is 5.97 Å². The molecule has 0 fully saturated rings. The Kier molecular flexibility index (Phi) is 4.08. The molecule has 0 aromatic carbocycles. The van der Waals surface area contributed by atoms with Crippen LogP contribution in [0.3, 0.4) is 0 Å². The van der Waals surface area contributed by atoms with Crippen molar-refractivity contribution in [2.24, 2.45) is 0 Å². The van der Waals surface area contributed by atoms with Gasteiger partial charge in [-0.1, -0.05) is 6.07 Å². The standard InChI is InChI=1S/C15H12N2O2S2/c1-10-5-6-13(21-10)15(18)19-8-11-9-20-14(17-11)12-4-2-3-7-16-12/h2-7,9H,8H2,1H3. The van der Waals surface area contributed by atoms with Gasteiger partial charge in [-0.2, -0.15) is 0 Å². The summed E-state index contributed by atoms with van der Waals surface area (Å²) in [5, 5.41) is 2.71. The van der Waals surface area contributed by atoms with Gasteiger partial charge in [0, 0.05) is 16.5 Å². The van der Waals surface area contributed by atoms with Crippen molar-refractivity contribution in [3.05, 3.63) is 57.4 Å². The number of rotatable bonds is 4. The Morgan fingerprint density at radius 1 is 1.29 bits per heavy atom. The SMILES string of the molecule is Cc1ccc(C(=O)OCc2csc(-c3ccccn3)n2)s1. The van der Waals surface area contributed by atoms with E-state index >= 15 is 0 Å². The number of pyridine rings is 1. The molecule has 3 aromatic rings. The molecule has 0 unspecified atom stereocenters. The summed E-state index contributed by atoms with van der Waals surface area (Å²) in [6.45, 7) is 2.14. The Morgan fingerprint density at radius 3 is 2.90 bits per heavy atom. The van der Waals surface area contributed by atoms with Crippen LogP contribution in [0.1, 0.15) is 20.2 Å². The first-order valence-corrected chi connectivity index (χ1v) is 8.01. The molecule has 0 spiro atoms. The van der Waals surface area contributed by atoms with Gasteiger partial charge in [0.2, 0.25) is 0 Å². The van der Waals surface area contributed by atoms with Crippen molar-refractivity contribution >= 4 is 28.6 Å². The molecule has 21 heavy (non-hydrogen) atoms. The predicted octanol–water partition coefficient (Wildman–Crippen LogP) is 3.93. The largest absolute Gasteiger partial charge is 0.455 e. The molecule has 3 rings (SSSR count). The molecule has 0 saturated heterocycles.